The van der Waals surface area contributed by atoms with E-state index in [-0.39, 0.29) is 54.1 Å². The Bertz CT molecular complexity index is 1780. The number of nitrogens with zero attached hydrogens (tertiary/aromatic N) is 2. The van der Waals surface area contributed by atoms with Crippen LogP contribution in [-0.2, 0) is 37.9 Å². The molecular weight excluding hydrogens is 640 g/mol. The summed E-state index contributed by atoms with van der Waals surface area (Å²) in [4.78, 5) is 29.3. The van der Waals surface area contributed by atoms with E-state index in [9.17, 15) is 58.2 Å². The molecule has 1 N–H and O–H groups in total. The number of carboxylic acids is 1. The number of alkyl halides is 7. The molecule has 1 aliphatic carbocycles. The summed E-state index contributed by atoms with van der Waals surface area (Å²) >= 11 is 0. The Balaban J connectivity index is 1.65. The first-order valence-electron chi connectivity index (χ1n) is 13.3. The molecule has 1 amide bonds. The van der Waals surface area contributed by atoms with Crippen LogP contribution in [0.15, 0.2) is 65.8 Å². The van der Waals surface area contributed by atoms with Crippen molar-refractivity contribution < 1.29 is 58.2 Å². The van der Waals surface area contributed by atoms with Crippen molar-refractivity contribution in [1.29, 1.82) is 0 Å². The fourth-order valence-electron chi connectivity index (χ4n) is 6.35. The Morgan fingerprint density at radius 2 is 1.67 bits per heavy atom. The zero-order chi connectivity index (χ0) is 33.2. The van der Waals surface area contributed by atoms with Gasteiger partial charge in [0.15, 0.2) is 9.84 Å². The van der Waals surface area contributed by atoms with Crippen molar-refractivity contribution >= 4 is 21.7 Å². The summed E-state index contributed by atoms with van der Waals surface area (Å²) in [6.07, 6.45) is -11.9. The molecule has 2 aromatic carbocycles. The van der Waals surface area contributed by atoms with Crippen LogP contribution in [0.3, 0.4) is 0 Å². The molecule has 7 nitrogen and oxygen atoms in total. The molecule has 1 aliphatic heterocycles. The normalized spacial score (nSPS) is 20.4. The molecule has 5 rings (SSSR count). The number of amides is 1. The minimum atomic E-state index is -6.40. The lowest BCUT2D eigenvalue weighted by Gasteiger charge is -2.43. The van der Waals surface area contributed by atoms with Crippen molar-refractivity contribution in [3.8, 4) is 0 Å². The predicted molar refractivity (Wildman–Crippen MR) is 140 cm³/mol. The second kappa shape index (κ2) is 10.8. The van der Waals surface area contributed by atoms with E-state index in [0.29, 0.717) is 18.2 Å². The average molecular weight is 663 g/mol. The van der Waals surface area contributed by atoms with Gasteiger partial charge in [-0.1, -0.05) is 24.3 Å². The highest BCUT2D eigenvalue weighted by Gasteiger charge is 2.73. The summed E-state index contributed by atoms with van der Waals surface area (Å²) < 4.78 is 137. The van der Waals surface area contributed by atoms with Gasteiger partial charge in [0.25, 0.3) is 0 Å². The highest BCUT2D eigenvalue weighted by Crippen LogP contribution is 2.56. The molecule has 0 bridgehead atoms. The van der Waals surface area contributed by atoms with Crippen molar-refractivity contribution in [3.63, 3.8) is 0 Å². The second-order valence-corrected chi connectivity index (χ2v) is 13.0. The topological polar surface area (TPSA) is 105 Å². The number of aromatic nitrogens is 1. The summed E-state index contributed by atoms with van der Waals surface area (Å²) in [5, 5.41) is 9.24. The Kier molecular flexibility index (Phi) is 7.74. The number of hydrogen-bond donors (Lipinski definition) is 1. The molecule has 2 atom stereocenters. The van der Waals surface area contributed by atoms with Crippen LogP contribution in [0.4, 0.5) is 35.1 Å². The number of likely N-dealkylation sites (tertiary alicyclic amines) is 1. The number of aryl methyl sites for hydroxylation is 1. The third-order valence-electron chi connectivity index (χ3n) is 8.37. The van der Waals surface area contributed by atoms with Crippen molar-refractivity contribution in [1.82, 2.24) is 9.88 Å². The molecule has 16 heteroatoms. The molecule has 1 fully saturated rings. The number of rotatable bonds is 6. The van der Waals surface area contributed by atoms with E-state index in [1.54, 1.807) is 0 Å². The van der Waals surface area contributed by atoms with Gasteiger partial charge in [0.2, 0.25) is 5.91 Å². The SMILES string of the molecule is O=C(O)c1cncc(CC(=O)N2CCC3(S(=O)(=O)c4cccc(F)c4)c4ccc(C(F)(C(F)(F)F)C(F)(F)F)cc4CCC23)c1. The molecule has 2 heterocycles. The van der Waals surface area contributed by atoms with Gasteiger partial charge in [-0.3, -0.25) is 9.78 Å². The lowest BCUT2D eigenvalue weighted by molar-refractivity contribution is -0.348. The molecule has 240 valence electrons. The Hall–Kier alpha value is -4.08. The number of sulfone groups is 1. The van der Waals surface area contributed by atoms with Gasteiger partial charge < -0.3 is 10.0 Å². The van der Waals surface area contributed by atoms with Gasteiger partial charge in [-0.15, -0.1) is 0 Å². The monoisotopic (exact) mass is 662 g/mol. The maximum Gasteiger partial charge on any atom is 0.435 e. The number of fused-ring (bicyclic) bond motifs is 3. The highest BCUT2D eigenvalue weighted by atomic mass is 32.2. The standard InChI is InChI=1S/C29H22F8N2O5S/c30-20-2-1-3-21(13-20)45(43,44)26-8-9-39(24(40)11-16-10-18(25(41)42)15-38-14-16)23(26)7-4-17-12-19(5-6-22(17)26)27(31,28(32,33)34)29(35,36)37/h1-3,5-6,10,12-15,23H,4,7-9,11H2,(H,41,42). The molecule has 45 heavy (non-hydrogen) atoms. The van der Waals surface area contributed by atoms with Crippen LogP contribution in [0.25, 0.3) is 0 Å². The van der Waals surface area contributed by atoms with E-state index >= 15 is 0 Å². The molecule has 3 aromatic rings. The third kappa shape index (κ3) is 5.02. The van der Waals surface area contributed by atoms with Gasteiger partial charge in [-0.25, -0.2) is 22.0 Å². The highest BCUT2D eigenvalue weighted by molar-refractivity contribution is 7.92. The number of pyridine rings is 1. The van der Waals surface area contributed by atoms with E-state index in [1.807, 2.05) is 0 Å². The number of aromatic carboxylic acids is 1. The Labute approximate surface area is 250 Å². The predicted octanol–water partition coefficient (Wildman–Crippen LogP) is 5.67. The quantitative estimate of drug-likeness (QED) is 0.342. The zero-order valence-electron chi connectivity index (χ0n) is 22.8. The van der Waals surface area contributed by atoms with Crippen LogP contribution in [0.2, 0.25) is 0 Å². The molecular formula is C29H22F8N2O5S. The molecule has 0 radical (unpaired) electrons. The minimum Gasteiger partial charge on any atom is -0.478 e. The van der Waals surface area contributed by atoms with Crippen molar-refractivity contribution in [2.75, 3.05) is 6.54 Å². The number of carbonyl (C=O) groups excluding carboxylic acids is 1. The number of carboxylic acid groups (broad SMARTS) is 1. The second-order valence-electron chi connectivity index (χ2n) is 10.8. The minimum absolute atomic E-state index is 0.185. The zero-order valence-corrected chi connectivity index (χ0v) is 23.6. The number of hydrogen-bond acceptors (Lipinski definition) is 5. The van der Waals surface area contributed by atoms with E-state index in [1.165, 1.54) is 17.2 Å². The molecule has 0 saturated carbocycles. The Morgan fingerprint density at radius 1 is 0.978 bits per heavy atom. The van der Waals surface area contributed by atoms with Crippen LogP contribution in [-0.4, -0.2) is 60.2 Å². The van der Waals surface area contributed by atoms with Gasteiger partial charge in [0.05, 0.1) is 22.9 Å². The largest absolute Gasteiger partial charge is 0.478 e. The van der Waals surface area contributed by atoms with Crippen LogP contribution in [0.5, 0.6) is 0 Å². The first kappa shape index (κ1) is 32.3. The lowest BCUT2D eigenvalue weighted by atomic mass is 9.76. The summed E-state index contributed by atoms with van der Waals surface area (Å²) in [5.74, 6) is -2.91. The van der Waals surface area contributed by atoms with Crippen LogP contribution in [0, 0.1) is 5.82 Å². The van der Waals surface area contributed by atoms with Crippen molar-refractivity contribution in [2.24, 2.45) is 0 Å². The van der Waals surface area contributed by atoms with Gasteiger partial charge in [0, 0.05) is 24.5 Å². The summed E-state index contributed by atoms with van der Waals surface area (Å²) in [6.45, 7) is -0.233. The van der Waals surface area contributed by atoms with E-state index < -0.39 is 73.2 Å². The van der Waals surface area contributed by atoms with Crippen LogP contribution < -0.4 is 0 Å². The average Bonchev–Trinajstić information content (AvgIpc) is 3.37. The molecule has 2 aliphatic rings. The van der Waals surface area contributed by atoms with Crippen molar-refractivity contribution in [3.05, 3.63) is 94.6 Å². The van der Waals surface area contributed by atoms with E-state index in [0.717, 1.165) is 24.4 Å². The molecule has 1 saturated heterocycles. The molecule has 2 unspecified atom stereocenters. The third-order valence-corrected chi connectivity index (χ3v) is 10.9. The summed E-state index contributed by atoms with van der Waals surface area (Å²) in [5.41, 5.74) is -8.10. The Morgan fingerprint density at radius 3 is 2.29 bits per heavy atom. The van der Waals surface area contributed by atoms with Gasteiger partial charge in [-0.2, -0.15) is 26.3 Å². The first-order valence-corrected chi connectivity index (χ1v) is 14.8. The number of benzene rings is 2. The van der Waals surface area contributed by atoms with Gasteiger partial charge in [-0.05, 0) is 60.2 Å². The van der Waals surface area contributed by atoms with Gasteiger partial charge >= 0.3 is 24.0 Å². The van der Waals surface area contributed by atoms with Crippen LogP contribution in [0.1, 0.15) is 45.5 Å². The lowest BCUT2D eigenvalue weighted by Crippen LogP contribution is -2.53. The summed E-state index contributed by atoms with van der Waals surface area (Å²) in [6, 6.07) is 5.11. The smallest absolute Gasteiger partial charge is 0.435 e. The van der Waals surface area contributed by atoms with E-state index in [2.05, 4.69) is 4.98 Å². The van der Waals surface area contributed by atoms with E-state index in [4.69, 9.17) is 0 Å². The fraction of sp³-hybridized carbons (Fsp3) is 0.345. The van der Waals surface area contributed by atoms with Crippen molar-refractivity contribution in [2.45, 2.75) is 59.4 Å². The number of halogens is 8. The van der Waals surface area contributed by atoms with Gasteiger partial charge in [0.1, 0.15) is 10.6 Å². The molecule has 1 aromatic heterocycles. The molecule has 0 spiro atoms. The van der Waals surface area contributed by atoms with Crippen LogP contribution >= 0.6 is 0 Å². The maximum atomic E-state index is 15.0. The number of carbonyl (C=O) groups is 2. The maximum absolute atomic E-state index is 15.0. The first-order chi connectivity index (χ1) is 20.8. The fourth-order valence-corrected chi connectivity index (χ4v) is 8.75. The summed E-state index contributed by atoms with van der Waals surface area (Å²) in [7, 11) is -4.72.